The molecule has 0 radical (unpaired) electrons. The summed E-state index contributed by atoms with van der Waals surface area (Å²) < 4.78 is 0. The monoisotopic (exact) mass is 230 g/mol. The molecule has 0 aromatic rings. The maximum atomic E-state index is 11.4. The van der Waals surface area contributed by atoms with Crippen molar-refractivity contribution in [1.29, 1.82) is 0 Å². The highest BCUT2D eigenvalue weighted by atomic mass is 32.2. The van der Waals surface area contributed by atoms with E-state index < -0.39 is 0 Å². The lowest BCUT2D eigenvalue weighted by Gasteiger charge is -2.22. The van der Waals surface area contributed by atoms with Crippen molar-refractivity contribution in [2.45, 2.75) is 39.5 Å². The van der Waals surface area contributed by atoms with Crippen LogP contribution in [0.4, 0.5) is 0 Å². The topological polar surface area (TPSA) is 55.1 Å². The lowest BCUT2D eigenvalue weighted by molar-refractivity contribution is -0.128. The fourth-order valence-corrected chi connectivity index (χ4v) is 3.34. The molecular weight excluding hydrogens is 208 g/mol. The van der Waals surface area contributed by atoms with Gasteiger partial charge in [-0.1, -0.05) is 26.7 Å². The van der Waals surface area contributed by atoms with Gasteiger partial charge in [0.25, 0.3) is 0 Å². The van der Waals surface area contributed by atoms with Gasteiger partial charge in [-0.15, -0.1) is 0 Å². The zero-order valence-corrected chi connectivity index (χ0v) is 10.5. The summed E-state index contributed by atoms with van der Waals surface area (Å²) in [6.07, 6.45) is 5.52. The first-order chi connectivity index (χ1) is 7.06. The minimum absolute atomic E-state index is 0.0681. The normalized spacial score (nSPS) is 18.1. The van der Waals surface area contributed by atoms with E-state index in [1.165, 1.54) is 31.4 Å². The molecule has 0 bridgehead atoms. The van der Waals surface area contributed by atoms with Crippen molar-refractivity contribution in [2.75, 3.05) is 11.5 Å². The molecule has 1 aliphatic rings. The van der Waals surface area contributed by atoms with E-state index in [9.17, 15) is 4.79 Å². The molecular formula is C11H22N2OS. The van der Waals surface area contributed by atoms with Gasteiger partial charge in [-0.3, -0.25) is 10.2 Å². The molecule has 1 saturated carbocycles. The second-order valence-corrected chi connectivity index (χ2v) is 6.05. The highest BCUT2D eigenvalue weighted by Crippen LogP contribution is 2.30. The van der Waals surface area contributed by atoms with Crippen LogP contribution in [0.2, 0.25) is 0 Å². The van der Waals surface area contributed by atoms with Gasteiger partial charge in [-0.25, -0.2) is 5.84 Å². The minimum Gasteiger partial charge on any atom is -0.294 e. The number of rotatable bonds is 5. The van der Waals surface area contributed by atoms with E-state index in [4.69, 9.17) is 5.84 Å². The van der Waals surface area contributed by atoms with Crippen molar-refractivity contribution in [3.05, 3.63) is 0 Å². The number of amides is 1. The summed E-state index contributed by atoms with van der Waals surface area (Å²) in [4.78, 5) is 11.4. The zero-order chi connectivity index (χ0) is 11.3. The summed E-state index contributed by atoms with van der Waals surface area (Å²) in [5.41, 5.74) is 1.88. The van der Waals surface area contributed by atoms with E-state index in [1.54, 1.807) is 0 Å². The Labute approximate surface area is 96.5 Å². The summed E-state index contributed by atoms with van der Waals surface area (Å²) >= 11 is 1.88. The Bertz CT molecular complexity index is 213. The highest BCUT2D eigenvalue weighted by molar-refractivity contribution is 7.99. The van der Waals surface area contributed by atoms with Gasteiger partial charge in [0.2, 0.25) is 5.91 Å². The van der Waals surface area contributed by atoms with Crippen LogP contribution in [0.3, 0.4) is 0 Å². The largest absolute Gasteiger partial charge is 0.294 e. The third kappa shape index (κ3) is 4.03. The SMILES string of the molecule is CC(C)(CSCC1CCCC1)C(=O)NN. The molecule has 0 atom stereocenters. The van der Waals surface area contributed by atoms with Crippen LogP contribution in [-0.4, -0.2) is 17.4 Å². The van der Waals surface area contributed by atoms with Crippen molar-refractivity contribution < 1.29 is 4.79 Å². The Morgan fingerprint density at radius 2 is 2.07 bits per heavy atom. The van der Waals surface area contributed by atoms with Gasteiger partial charge >= 0.3 is 0 Å². The van der Waals surface area contributed by atoms with Gasteiger partial charge < -0.3 is 0 Å². The van der Waals surface area contributed by atoms with Crippen LogP contribution in [-0.2, 0) is 4.79 Å². The lowest BCUT2D eigenvalue weighted by Crippen LogP contribution is -2.42. The Morgan fingerprint density at radius 3 is 2.60 bits per heavy atom. The van der Waals surface area contributed by atoms with E-state index in [1.807, 2.05) is 25.6 Å². The molecule has 88 valence electrons. The molecule has 0 spiro atoms. The second kappa shape index (κ2) is 5.75. The lowest BCUT2D eigenvalue weighted by atomic mass is 9.96. The standard InChI is InChI=1S/C11H22N2OS/c1-11(2,10(14)13-12)8-15-7-9-5-3-4-6-9/h9H,3-8,12H2,1-2H3,(H,13,14). The Morgan fingerprint density at radius 1 is 1.47 bits per heavy atom. The highest BCUT2D eigenvalue weighted by Gasteiger charge is 2.27. The molecule has 1 rings (SSSR count). The van der Waals surface area contributed by atoms with Crippen LogP contribution in [0.15, 0.2) is 0 Å². The molecule has 0 aliphatic heterocycles. The van der Waals surface area contributed by atoms with Crippen LogP contribution >= 0.6 is 11.8 Å². The number of hydrazine groups is 1. The van der Waals surface area contributed by atoms with Gasteiger partial charge in [0.15, 0.2) is 0 Å². The second-order valence-electron chi connectivity index (χ2n) is 5.02. The van der Waals surface area contributed by atoms with Gasteiger partial charge in [0, 0.05) is 5.75 Å². The third-order valence-electron chi connectivity index (χ3n) is 3.04. The van der Waals surface area contributed by atoms with Gasteiger partial charge in [-0.05, 0) is 24.5 Å². The molecule has 0 unspecified atom stereocenters. The van der Waals surface area contributed by atoms with Crippen LogP contribution in [0.25, 0.3) is 0 Å². The molecule has 1 fully saturated rings. The average molecular weight is 230 g/mol. The summed E-state index contributed by atoms with van der Waals surface area (Å²) in [7, 11) is 0. The van der Waals surface area contributed by atoms with Crippen molar-refractivity contribution in [3.8, 4) is 0 Å². The smallest absolute Gasteiger partial charge is 0.240 e. The van der Waals surface area contributed by atoms with Crippen LogP contribution in [0.1, 0.15) is 39.5 Å². The summed E-state index contributed by atoms with van der Waals surface area (Å²) in [5.74, 6) is 8.01. The maximum absolute atomic E-state index is 11.4. The first kappa shape index (κ1) is 12.8. The first-order valence-electron chi connectivity index (χ1n) is 5.65. The summed E-state index contributed by atoms with van der Waals surface area (Å²) in [5, 5.41) is 0. The average Bonchev–Trinajstić information content (AvgIpc) is 2.69. The summed E-state index contributed by atoms with van der Waals surface area (Å²) in [6.45, 7) is 3.88. The number of hydrogen-bond donors (Lipinski definition) is 2. The first-order valence-corrected chi connectivity index (χ1v) is 6.80. The molecule has 1 amide bonds. The predicted octanol–water partition coefficient (Wildman–Crippen LogP) is 1.93. The van der Waals surface area contributed by atoms with Crippen molar-refractivity contribution >= 4 is 17.7 Å². The summed E-state index contributed by atoms with van der Waals surface area (Å²) in [6, 6.07) is 0. The number of nitrogens with two attached hydrogens (primary N) is 1. The number of thioether (sulfide) groups is 1. The van der Waals surface area contributed by atoms with Crippen LogP contribution in [0.5, 0.6) is 0 Å². The quantitative estimate of drug-likeness (QED) is 0.431. The molecule has 0 aromatic carbocycles. The van der Waals surface area contributed by atoms with Gasteiger partial charge in [0.1, 0.15) is 0 Å². The number of hydrogen-bond acceptors (Lipinski definition) is 3. The van der Waals surface area contributed by atoms with Gasteiger partial charge in [-0.2, -0.15) is 11.8 Å². The Balaban J connectivity index is 2.20. The molecule has 1 aliphatic carbocycles. The van der Waals surface area contributed by atoms with E-state index >= 15 is 0 Å². The molecule has 0 aromatic heterocycles. The predicted molar refractivity (Wildman–Crippen MR) is 65.4 cm³/mol. The van der Waals surface area contributed by atoms with Crippen molar-refractivity contribution in [1.82, 2.24) is 5.43 Å². The molecule has 3 nitrogen and oxygen atoms in total. The maximum Gasteiger partial charge on any atom is 0.240 e. The number of nitrogens with one attached hydrogen (secondary N) is 1. The van der Waals surface area contributed by atoms with E-state index in [2.05, 4.69) is 5.43 Å². The van der Waals surface area contributed by atoms with E-state index in [-0.39, 0.29) is 11.3 Å². The van der Waals surface area contributed by atoms with Crippen LogP contribution < -0.4 is 11.3 Å². The molecule has 15 heavy (non-hydrogen) atoms. The number of carbonyl (C=O) groups is 1. The Kier molecular flexibility index (Phi) is 4.93. The van der Waals surface area contributed by atoms with Crippen molar-refractivity contribution in [3.63, 3.8) is 0 Å². The molecule has 4 heteroatoms. The van der Waals surface area contributed by atoms with E-state index in [0.29, 0.717) is 0 Å². The van der Waals surface area contributed by atoms with Crippen LogP contribution in [0, 0.1) is 11.3 Å². The molecule has 0 saturated heterocycles. The Hall–Kier alpha value is -0.220. The van der Waals surface area contributed by atoms with Crippen molar-refractivity contribution in [2.24, 2.45) is 17.2 Å². The number of carbonyl (C=O) groups excluding carboxylic acids is 1. The van der Waals surface area contributed by atoms with E-state index in [0.717, 1.165) is 11.7 Å². The van der Waals surface area contributed by atoms with Gasteiger partial charge in [0.05, 0.1) is 5.41 Å². The third-order valence-corrected chi connectivity index (χ3v) is 4.67. The fraction of sp³-hybridized carbons (Fsp3) is 0.909. The molecule has 0 heterocycles. The molecule has 3 N–H and O–H groups in total. The minimum atomic E-state index is -0.349. The zero-order valence-electron chi connectivity index (χ0n) is 9.71. The fourth-order valence-electron chi connectivity index (χ4n) is 1.92.